The van der Waals surface area contributed by atoms with Gasteiger partial charge >= 0.3 is 0 Å². The summed E-state index contributed by atoms with van der Waals surface area (Å²) in [5.41, 5.74) is 4.48. The van der Waals surface area contributed by atoms with Gasteiger partial charge < -0.3 is 4.57 Å². The molecule has 0 atom stereocenters. The summed E-state index contributed by atoms with van der Waals surface area (Å²) in [4.78, 5) is 14.0. The van der Waals surface area contributed by atoms with E-state index in [-0.39, 0.29) is 5.69 Å². The molecule has 8 heteroatoms. The molecule has 2 heterocycles. The number of hydrogen-bond acceptors (Lipinski definition) is 5. The van der Waals surface area contributed by atoms with Crippen LogP contribution in [0.2, 0.25) is 5.02 Å². The average Bonchev–Trinajstić information content (AvgIpc) is 3.04. The van der Waals surface area contributed by atoms with Gasteiger partial charge in [-0.05, 0) is 42.5 Å². The third-order valence-corrected chi connectivity index (χ3v) is 3.47. The van der Waals surface area contributed by atoms with Crippen molar-refractivity contribution >= 4 is 29.3 Å². The summed E-state index contributed by atoms with van der Waals surface area (Å²) in [5.74, 6) is 0.418. The molecular weight excluding hydrogens is 330 g/mol. The maximum Gasteiger partial charge on any atom is 0.287 e. The van der Waals surface area contributed by atoms with Crippen LogP contribution in [0.3, 0.4) is 0 Å². The van der Waals surface area contributed by atoms with Gasteiger partial charge in [0.15, 0.2) is 0 Å². The number of hydrogen-bond donors (Lipinski definition) is 1. The minimum absolute atomic E-state index is 0.0684. The predicted molar refractivity (Wildman–Crippen MR) is 92.9 cm³/mol. The maximum atomic E-state index is 10.6. The van der Waals surface area contributed by atoms with Crippen molar-refractivity contribution in [2.75, 3.05) is 5.43 Å². The van der Waals surface area contributed by atoms with Crippen molar-refractivity contribution in [3.05, 3.63) is 81.8 Å². The zero-order valence-electron chi connectivity index (χ0n) is 12.3. The second-order valence-electron chi connectivity index (χ2n) is 4.81. The molecular formula is C16H12ClN5O2. The molecule has 0 saturated heterocycles. The highest BCUT2D eigenvalue weighted by Crippen LogP contribution is 2.16. The van der Waals surface area contributed by atoms with Gasteiger partial charge in [-0.2, -0.15) is 5.10 Å². The number of hydrazone groups is 1. The molecule has 7 nitrogen and oxygen atoms in total. The molecule has 0 saturated carbocycles. The van der Waals surface area contributed by atoms with Crippen LogP contribution in [0.25, 0.3) is 5.69 Å². The van der Waals surface area contributed by atoms with E-state index >= 15 is 0 Å². The van der Waals surface area contributed by atoms with Crippen molar-refractivity contribution < 1.29 is 4.92 Å². The van der Waals surface area contributed by atoms with Crippen LogP contribution < -0.4 is 5.43 Å². The van der Waals surface area contributed by atoms with Crippen molar-refractivity contribution in [1.29, 1.82) is 0 Å². The van der Waals surface area contributed by atoms with E-state index in [2.05, 4.69) is 15.5 Å². The van der Waals surface area contributed by atoms with Gasteiger partial charge in [-0.15, -0.1) is 0 Å². The Morgan fingerprint density at radius 2 is 2.00 bits per heavy atom. The van der Waals surface area contributed by atoms with Crippen molar-refractivity contribution in [2.45, 2.75) is 0 Å². The summed E-state index contributed by atoms with van der Waals surface area (Å²) in [7, 11) is 0. The summed E-state index contributed by atoms with van der Waals surface area (Å²) in [6.45, 7) is 0. The summed E-state index contributed by atoms with van der Waals surface area (Å²) in [5, 5.41) is 15.4. The number of nitrogens with zero attached hydrogens (tertiary/aromatic N) is 4. The SMILES string of the molecule is O=[N+]([O-])c1ccc(N/N=C\c2cccn2-c2ccc(Cl)cc2)nc1. The van der Waals surface area contributed by atoms with Crippen molar-refractivity contribution in [3.8, 4) is 5.69 Å². The predicted octanol–water partition coefficient (Wildman–Crippen LogP) is 3.88. The quantitative estimate of drug-likeness (QED) is 0.433. The van der Waals surface area contributed by atoms with Gasteiger partial charge in [0.25, 0.3) is 5.69 Å². The molecule has 0 aliphatic rings. The number of anilines is 1. The maximum absolute atomic E-state index is 10.6. The first kappa shape index (κ1) is 15.7. The second-order valence-corrected chi connectivity index (χ2v) is 5.24. The van der Waals surface area contributed by atoms with E-state index in [1.165, 1.54) is 18.3 Å². The third-order valence-electron chi connectivity index (χ3n) is 3.22. The Morgan fingerprint density at radius 3 is 2.67 bits per heavy atom. The van der Waals surface area contributed by atoms with Crippen LogP contribution in [-0.4, -0.2) is 20.7 Å². The average molecular weight is 342 g/mol. The minimum atomic E-state index is -0.501. The second kappa shape index (κ2) is 6.93. The van der Waals surface area contributed by atoms with E-state index in [1.807, 2.05) is 47.2 Å². The molecule has 0 aliphatic heterocycles. The molecule has 0 radical (unpaired) electrons. The molecule has 0 fully saturated rings. The Hall–Kier alpha value is -3.19. The molecule has 1 aromatic carbocycles. The molecule has 0 spiro atoms. The van der Waals surface area contributed by atoms with Crippen molar-refractivity contribution in [2.24, 2.45) is 5.10 Å². The van der Waals surface area contributed by atoms with Crippen molar-refractivity contribution in [3.63, 3.8) is 0 Å². The standard InChI is InChI=1S/C16H12ClN5O2/c17-12-3-5-13(6-4-12)21-9-1-2-14(21)11-19-20-16-8-7-15(10-18-16)22(23)24/h1-11H,(H,18,20)/b19-11-. The lowest BCUT2D eigenvalue weighted by Crippen LogP contribution is -2.00. The summed E-state index contributed by atoms with van der Waals surface area (Å²) < 4.78 is 1.95. The van der Waals surface area contributed by atoms with Crippen LogP contribution in [0.5, 0.6) is 0 Å². The molecule has 3 rings (SSSR count). The highest BCUT2D eigenvalue weighted by Gasteiger charge is 2.04. The normalized spacial score (nSPS) is 10.9. The van der Waals surface area contributed by atoms with Gasteiger partial charge in [-0.3, -0.25) is 15.5 Å². The Morgan fingerprint density at radius 1 is 1.21 bits per heavy atom. The van der Waals surface area contributed by atoms with Crippen LogP contribution in [0.4, 0.5) is 11.5 Å². The number of nitrogens with one attached hydrogen (secondary N) is 1. The van der Waals surface area contributed by atoms with Gasteiger partial charge in [-0.25, -0.2) is 4.98 Å². The first-order valence-corrected chi connectivity index (χ1v) is 7.34. The molecule has 0 amide bonds. The monoisotopic (exact) mass is 341 g/mol. The van der Waals surface area contributed by atoms with E-state index in [4.69, 9.17) is 11.6 Å². The van der Waals surface area contributed by atoms with Crippen molar-refractivity contribution in [1.82, 2.24) is 9.55 Å². The first-order valence-electron chi connectivity index (χ1n) is 6.96. The number of halogens is 1. The first-order chi connectivity index (χ1) is 11.6. The number of pyridine rings is 1. The summed E-state index contributed by atoms with van der Waals surface area (Å²) in [6, 6.07) is 14.1. The Kier molecular flexibility index (Phi) is 4.53. The van der Waals surface area contributed by atoms with Crippen LogP contribution in [0, 0.1) is 10.1 Å². The minimum Gasteiger partial charge on any atom is -0.316 e. The number of benzene rings is 1. The number of nitro groups is 1. The molecule has 0 aliphatic carbocycles. The molecule has 24 heavy (non-hydrogen) atoms. The van der Waals surface area contributed by atoms with Gasteiger partial charge in [0, 0.05) is 23.0 Å². The number of aromatic nitrogens is 2. The topological polar surface area (TPSA) is 85.4 Å². The van der Waals surface area contributed by atoms with Gasteiger partial charge in [-0.1, -0.05) is 11.6 Å². The fourth-order valence-corrected chi connectivity index (χ4v) is 2.19. The van der Waals surface area contributed by atoms with E-state index < -0.39 is 4.92 Å². The largest absolute Gasteiger partial charge is 0.316 e. The van der Waals surface area contributed by atoms with E-state index in [0.717, 1.165) is 11.4 Å². The Labute approximate surface area is 142 Å². The lowest BCUT2D eigenvalue weighted by molar-refractivity contribution is -0.385. The fourth-order valence-electron chi connectivity index (χ4n) is 2.06. The molecule has 3 aromatic rings. The van der Waals surface area contributed by atoms with E-state index in [1.54, 1.807) is 6.21 Å². The zero-order chi connectivity index (χ0) is 16.9. The molecule has 0 bridgehead atoms. The van der Waals surface area contributed by atoms with Crippen LogP contribution in [-0.2, 0) is 0 Å². The highest BCUT2D eigenvalue weighted by atomic mass is 35.5. The third kappa shape index (κ3) is 3.58. The van der Waals surface area contributed by atoms with Gasteiger partial charge in [0.05, 0.1) is 16.8 Å². The highest BCUT2D eigenvalue weighted by molar-refractivity contribution is 6.30. The fraction of sp³-hybridized carbons (Fsp3) is 0. The Bertz CT molecular complexity index is 872. The smallest absolute Gasteiger partial charge is 0.287 e. The molecule has 1 N–H and O–H groups in total. The summed E-state index contributed by atoms with van der Waals surface area (Å²) >= 11 is 5.90. The molecule has 2 aromatic heterocycles. The lowest BCUT2D eigenvalue weighted by Gasteiger charge is -2.06. The van der Waals surface area contributed by atoms with Gasteiger partial charge in [0.1, 0.15) is 12.0 Å². The van der Waals surface area contributed by atoms with Crippen LogP contribution >= 0.6 is 11.6 Å². The van der Waals surface area contributed by atoms with Crippen LogP contribution in [0.1, 0.15) is 5.69 Å². The Balaban J connectivity index is 1.72. The van der Waals surface area contributed by atoms with E-state index in [9.17, 15) is 10.1 Å². The van der Waals surface area contributed by atoms with E-state index in [0.29, 0.717) is 10.8 Å². The van der Waals surface area contributed by atoms with Crippen LogP contribution in [0.15, 0.2) is 66.0 Å². The number of rotatable bonds is 5. The lowest BCUT2D eigenvalue weighted by atomic mass is 10.3. The molecule has 120 valence electrons. The zero-order valence-corrected chi connectivity index (χ0v) is 13.1. The van der Waals surface area contributed by atoms with Gasteiger partial charge in [0.2, 0.25) is 0 Å². The molecule has 0 unspecified atom stereocenters. The summed E-state index contributed by atoms with van der Waals surface area (Å²) in [6.07, 6.45) is 4.72.